The normalized spacial score (nSPS) is 11.2. The van der Waals surface area contributed by atoms with Gasteiger partial charge in [-0.1, -0.05) is 18.2 Å². The molecule has 0 aliphatic rings. The van der Waals surface area contributed by atoms with Crippen LogP contribution in [-0.4, -0.2) is 30.6 Å². The highest BCUT2D eigenvalue weighted by atomic mass is 16.1. The molecule has 0 saturated carbocycles. The van der Waals surface area contributed by atoms with Gasteiger partial charge in [0, 0.05) is 29.9 Å². The second-order valence-electron chi connectivity index (χ2n) is 7.53. The Bertz CT molecular complexity index is 1470. The molecule has 1 amide bonds. The molecular weight excluding hydrogens is 388 g/mol. The Hall–Kier alpha value is -4.13. The number of aromatic nitrogens is 5. The van der Waals surface area contributed by atoms with Gasteiger partial charge in [-0.05, 0) is 44.2 Å². The van der Waals surface area contributed by atoms with Gasteiger partial charge in [-0.2, -0.15) is 5.10 Å². The molecule has 31 heavy (non-hydrogen) atoms. The molecular formula is C24H20N6O. The highest BCUT2D eigenvalue weighted by molar-refractivity contribution is 6.13. The Morgan fingerprint density at radius 2 is 1.68 bits per heavy atom. The first-order valence-electron chi connectivity index (χ1n) is 9.93. The van der Waals surface area contributed by atoms with Gasteiger partial charge in [0.2, 0.25) is 0 Å². The van der Waals surface area contributed by atoms with Gasteiger partial charge < -0.3 is 5.32 Å². The topological polar surface area (TPSA) is 85.6 Å². The van der Waals surface area contributed by atoms with E-state index in [0.717, 1.165) is 38.9 Å². The number of benzene rings is 2. The van der Waals surface area contributed by atoms with Crippen LogP contribution in [0.5, 0.6) is 0 Å². The molecule has 0 unspecified atom stereocenters. The van der Waals surface area contributed by atoms with Gasteiger partial charge in [-0.3, -0.25) is 9.48 Å². The number of fused-ring (bicyclic) bond motifs is 2. The van der Waals surface area contributed by atoms with Crippen LogP contribution >= 0.6 is 0 Å². The predicted molar refractivity (Wildman–Crippen MR) is 121 cm³/mol. The molecule has 152 valence electrons. The van der Waals surface area contributed by atoms with E-state index in [-0.39, 0.29) is 5.91 Å². The van der Waals surface area contributed by atoms with Gasteiger partial charge in [0.15, 0.2) is 0 Å². The molecule has 0 bridgehead atoms. The summed E-state index contributed by atoms with van der Waals surface area (Å²) in [6, 6.07) is 15.0. The molecule has 0 radical (unpaired) electrons. The number of amides is 1. The molecule has 0 aliphatic carbocycles. The lowest BCUT2D eigenvalue weighted by Gasteiger charge is -2.11. The molecule has 0 atom stereocenters. The first-order valence-corrected chi connectivity index (χ1v) is 9.93. The van der Waals surface area contributed by atoms with E-state index < -0.39 is 0 Å². The molecule has 3 aromatic heterocycles. The molecule has 5 rings (SSSR count). The minimum atomic E-state index is -0.208. The number of hydrogen-bond donors (Lipinski definition) is 1. The van der Waals surface area contributed by atoms with Crippen molar-refractivity contribution in [3.05, 3.63) is 77.9 Å². The molecule has 1 N–H and O–H groups in total. The molecule has 3 heterocycles. The van der Waals surface area contributed by atoms with Crippen molar-refractivity contribution in [3.8, 4) is 11.3 Å². The predicted octanol–water partition coefficient (Wildman–Crippen LogP) is 4.45. The van der Waals surface area contributed by atoms with Crippen LogP contribution < -0.4 is 5.32 Å². The lowest BCUT2D eigenvalue weighted by molar-refractivity contribution is 0.102. The van der Waals surface area contributed by atoms with Crippen LogP contribution in [0.1, 0.15) is 21.7 Å². The van der Waals surface area contributed by atoms with Crippen molar-refractivity contribution < 1.29 is 4.79 Å². The van der Waals surface area contributed by atoms with E-state index in [9.17, 15) is 4.79 Å². The van der Waals surface area contributed by atoms with Crippen LogP contribution in [0.2, 0.25) is 0 Å². The number of rotatable bonds is 3. The van der Waals surface area contributed by atoms with E-state index in [2.05, 4.69) is 20.4 Å². The van der Waals surface area contributed by atoms with Gasteiger partial charge in [0.1, 0.15) is 0 Å². The maximum Gasteiger partial charge on any atom is 0.256 e. The third-order valence-electron chi connectivity index (χ3n) is 5.29. The number of nitrogens with zero attached hydrogens (tertiary/aromatic N) is 5. The highest BCUT2D eigenvalue weighted by Crippen LogP contribution is 2.26. The Kier molecular flexibility index (Phi) is 4.43. The average molecular weight is 408 g/mol. The van der Waals surface area contributed by atoms with E-state index in [1.807, 2.05) is 75.6 Å². The monoisotopic (exact) mass is 408 g/mol. The summed E-state index contributed by atoms with van der Waals surface area (Å²) in [6.45, 7) is 3.86. The van der Waals surface area contributed by atoms with Crippen molar-refractivity contribution in [1.82, 2.24) is 24.7 Å². The van der Waals surface area contributed by atoms with Crippen molar-refractivity contribution in [3.63, 3.8) is 0 Å². The maximum absolute atomic E-state index is 13.3. The van der Waals surface area contributed by atoms with Gasteiger partial charge in [0.25, 0.3) is 5.91 Å². The maximum atomic E-state index is 13.3. The lowest BCUT2D eigenvalue weighted by atomic mass is 10.0. The zero-order valence-corrected chi connectivity index (χ0v) is 17.4. The lowest BCUT2D eigenvalue weighted by Crippen LogP contribution is -2.13. The number of carbonyl (C=O) groups is 1. The zero-order valence-electron chi connectivity index (χ0n) is 17.4. The summed E-state index contributed by atoms with van der Waals surface area (Å²) in [6.07, 6.45) is 3.62. The molecule has 2 aromatic carbocycles. The number of aryl methyl sites for hydroxylation is 3. The van der Waals surface area contributed by atoms with E-state index in [1.54, 1.807) is 10.9 Å². The molecule has 0 saturated heterocycles. The molecule has 0 spiro atoms. The quantitative estimate of drug-likeness (QED) is 0.477. The van der Waals surface area contributed by atoms with E-state index in [4.69, 9.17) is 4.98 Å². The first-order chi connectivity index (χ1) is 15.0. The Morgan fingerprint density at radius 1 is 0.903 bits per heavy atom. The number of pyridine rings is 1. The van der Waals surface area contributed by atoms with Crippen molar-refractivity contribution >= 4 is 33.5 Å². The smallest absolute Gasteiger partial charge is 0.256 e. The fourth-order valence-electron chi connectivity index (χ4n) is 3.57. The molecule has 5 aromatic rings. The average Bonchev–Trinajstić information content (AvgIpc) is 3.20. The third kappa shape index (κ3) is 3.50. The number of para-hydroxylation sites is 1. The third-order valence-corrected chi connectivity index (χ3v) is 5.29. The number of carbonyl (C=O) groups excluding carboxylic acids is 1. The number of hydrogen-bond acceptors (Lipinski definition) is 5. The van der Waals surface area contributed by atoms with E-state index in [1.165, 1.54) is 0 Å². The minimum absolute atomic E-state index is 0.208. The summed E-state index contributed by atoms with van der Waals surface area (Å²) in [5.74, 6) is -0.208. The van der Waals surface area contributed by atoms with Crippen molar-refractivity contribution in [1.29, 1.82) is 0 Å². The fraction of sp³-hybridized carbons (Fsp3) is 0.125. The van der Waals surface area contributed by atoms with Crippen molar-refractivity contribution in [2.75, 3.05) is 5.32 Å². The highest BCUT2D eigenvalue weighted by Gasteiger charge is 2.15. The summed E-state index contributed by atoms with van der Waals surface area (Å²) in [5.41, 5.74) is 6.85. The van der Waals surface area contributed by atoms with Crippen LogP contribution in [0.15, 0.2) is 60.9 Å². The van der Waals surface area contributed by atoms with Crippen molar-refractivity contribution in [2.24, 2.45) is 7.05 Å². The van der Waals surface area contributed by atoms with Gasteiger partial charge in [-0.25, -0.2) is 15.0 Å². The second kappa shape index (κ2) is 7.28. The summed E-state index contributed by atoms with van der Waals surface area (Å²) in [5, 5.41) is 8.02. The van der Waals surface area contributed by atoms with Crippen LogP contribution in [-0.2, 0) is 7.05 Å². The van der Waals surface area contributed by atoms with Gasteiger partial charge in [-0.15, -0.1) is 0 Å². The zero-order chi connectivity index (χ0) is 21.5. The first kappa shape index (κ1) is 18.9. The van der Waals surface area contributed by atoms with E-state index in [0.29, 0.717) is 16.9 Å². The molecule has 0 fully saturated rings. The summed E-state index contributed by atoms with van der Waals surface area (Å²) in [4.78, 5) is 27.1. The second-order valence-corrected chi connectivity index (χ2v) is 7.53. The molecule has 7 heteroatoms. The Labute approximate surface area is 178 Å². The fourth-order valence-corrected chi connectivity index (χ4v) is 3.57. The summed E-state index contributed by atoms with van der Waals surface area (Å²) < 4.78 is 1.71. The number of nitrogens with one attached hydrogen (secondary N) is 1. The largest absolute Gasteiger partial charge is 0.322 e. The Morgan fingerprint density at radius 3 is 2.45 bits per heavy atom. The van der Waals surface area contributed by atoms with Crippen LogP contribution in [0.4, 0.5) is 5.69 Å². The standard InChI is InChI=1S/C24H20N6O/c1-14-15(2)27-23-10-17(8-9-21(23)26-14)28-24(31)19-11-22(16-12-25-30(3)13-16)29-20-7-5-4-6-18(19)20/h4-13H,1-3H3,(H,28,31). The van der Waals surface area contributed by atoms with Crippen LogP contribution in [0, 0.1) is 13.8 Å². The molecule has 0 aliphatic heterocycles. The van der Waals surface area contributed by atoms with Crippen molar-refractivity contribution in [2.45, 2.75) is 13.8 Å². The number of anilines is 1. The van der Waals surface area contributed by atoms with Crippen LogP contribution in [0.25, 0.3) is 33.2 Å². The van der Waals surface area contributed by atoms with Crippen LogP contribution in [0.3, 0.4) is 0 Å². The Balaban J connectivity index is 1.56. The minimum Gasteiger partial charge on any atom is -0.322 e. The van der Waals surface area contributed by atoms with E-state index >= 15 is 0 Å². The van der Waals surface area contributed by atoms with Gasteiger partial charge >= 0.3 is 0 Å². The SMILES string of the molecule is Cc1nc2ccc(NC(=O)c3cc(-c4cnn(C)c4)nc4ccccc34)cc2nc1C. The summed E-state index contributed by atoms with van der Waals surface area (Å²) >= 11 is 0. The van der Waals surface area contributed by atoms with Gasteiger partial charge in [0.05, 0.1) is 45.4 Å². The summed E-state index contributed by atoms with van der Waals surface area (Å²) in [7, 11) is 1.85. The molecule has 7 nitrogen and oxygen atoms in total.